The summed E-state index contributed by atoms with van der Waals surface area (Å²) in [6.45, 7) is 12.9. The summed E-state index contributed by atoms with van der Waals surface area (Å²) < 4.78 is 87.2. The van der Waals surface area contributed by atoms with E-state index in [0.717, 1.165) is 69.1 Å². The Kier molecular flexibility index (Phi) is 9.10. The number of piperazine rings is 1. The molecular formula is C36H42F5N5O4S. The van der Waals surface area contributed by atoms with Crippen LogP contribution in [0.4, 0.5) is 32.6 Å². The van der Waals surface area contributed by atoms with E-state index in [0.29, 0.717) is 12.6 Å². The highest BCUT2D eigenvalue weighted by atomic mass is 32.2. The second-order valence-corrected chi connectivity index (χ2v) is 16.5. The molecule has 4 aliphatic heterocycles. The maximum atomic E-state index is 15.4. The number of alkyl halides is 3. The van der Waals surface area contributed by atoms with Gasteiger partial charge >= 0.3 is 18.0 Å². The van der Waals surface area contributed by atoms with Crippen LogP contribution in [0.15, 0.2) is 34.0 Å². The summed E-state index contributed by atoms with van der Waals surface area (Å²) in [4.78, 5) is 37.5. The summed E-state index contributed by atoms with van der Waals surface area (Å²) in [5.41, 5.74) is -2.85. The van der Waals surface area contributed by atoms with Crippen LogP contribution < -0.4 is 10.6 Å². The smallest absolute Gasteiger partial charge is 0.417 e. The summed E-state index contributed by atoms with van der Waals surface area (Å²) >= 11 is 1.15. The molecule has 0 radical (unpaired) electrons. The number of hydrogen-bond donors (Lipinski definition) is 0. The number of carbonyl (C=O) groups excluding carboxylic acids is 1. The Morgan fingerprint density at radius 3 is 2.29 bits per heavy atom. The molecule has 3 aromatic rings. The van der Waals surface area contributed by atoms with Gasteiger partial charge in [0.25, 0.3) is 0 Å². The Balaban J connectivity index is 1.37. The number of aromatic nitrogens is 2. The molecule has 3 atom stereocenters. The van der Waals surface area contributed by atoms with Crippen molar-refractivity contribution in [3.8, 4) is 11.1 Å². The highest BCUT2D eigenvalue weighted by molar-refractivity contribution is 7.99. The van der Waals surface area contributed by atoms with Crippen molar-refractivity contribution in [1.82, 2.24) is 19.4 Å². The summed E-state index contributed by atoms with van der Waals surface area (Å²) in [5.74, 6) is -1.73. The van der Waals surface area contributed by atoms with Gasteiger partial charge in [-0.25, -0.2) is 18.4 Å². The molecule has 51 heavy (non-hydrogen) atoms. The first-order valence-electron chi connectivity index (χ1n) is 17.3. The maximum absolute atomic E-state index is 15.4. The zero-order valence-electron chi connectivity index (χ0n) is 29.3. The third kappa shape index (κ3) is 6.69. The van der Waals surface area contributed by atoms with Crippen molar-refractivity contribution in [3.63, 3.8) is 0 Å². The number of thioether (sulfide) groups is 1. The molecule has 0 bridgehead atoms. The van der Waals surface area contributed by atoms with Gasteiger partial charge in [-0.15, -0.1) is 11.8 Å². The van der Waals surface area contributed by atoms with Gasteiger partial charge in [-0.2, -0.15) is 18.2 Å². The predicted molar refractivity (Wildman–Crippen MR) is 184 cm³/mol. The van der Waals surface area contributed by atoms with E-state index in [1.54, 1.807) is 30.6 Å². The predicted octanol–water partition coefficient (Wildman–Crippen LogP) is 6.95. The van der Waals surface area contributed by atoms with E-state index >= 15 is 17.6 Å². The number of likely N-dealkylation sites (tertiary alicyclic amines) is 1. The third-order valence-corrected chi connectivity index (χ3v) is 11.7. The van der Waals surface area contributed by atoms with Crippen molar-refractivity contribution >= 4 is 34.6 Å². The number of nitrogens with zero attached hydrogens (tertiary/aromatic N) is 5. The standard InChI is InChI=1S/C36H42F5N5O4S/c1-20-14-44(15-21(2)45(20)33(48)50-34(3,4)5)31-25-13-26(36(39,40)41)28(24-7-6-22(37)12-27(24)38)30-29(25)46(32(47)42-31)23(17-51-30)16-43-10-8-35(9-11-43)18-49-19-35/h6-7,12-13,20-21,23H,8-11,14-19H2,1-5H3/t20-,21+,23-/m0/s1. The molecule has 1 aromatic heterocycles. The van der Waals surface area contributed by atoms with E-state index < -0.39 is 70.0 Å². The fourth-order valence-corrected chi connectivity index (χ4v) is 9.33. The van der Waals surface area contributed by atoms with Crippen molar-refractivity contribution in [2.75, 3.05) is 56.6 Å². The largest absolute Gasteiger partial charge is 0.444 e. The second-order valence-electron chi connectivity index (χ2n) is 15.5. The van der Waals surface area contributed by atoms with E-state index in [1.165, 1.54) is 4.57 Å². The van der Waals surface area contributed by atoms with Crippen LogP contribution in [0.5, 0.6) is 0 Å². The van der Waals surface area contributed by atoms with Crippen molar-refractivity contribution in [2.45, 2.75) is 82.3 Å². The first kappa shape index (κ1) is 36.0. The van der Waals surface area contributed by atoms with Crippen LogP contribution in [0.2, 0.25) is 0 Å². The number of hydrogen-bond acceptors (Lipinski definition) is 8. The molecule has 15 heteroatoms. The molecule has 9 nitrogen and oxygen atoms in total. The first-order valence-corrected chi connectivity index (χ1v) is 18.3. The fourth-order valence-electron chi connectivity index (χ4n) is 8.01. The molecule has 3 fully saturated rings. The lowest BCUT2D eigenvalue weighted by atomic mass is 9.77. The molecule has 276 valence electrons. The van der Waals surface area contributed by atoms with Crippen molar-refractivity contribution in [3.05, 3.63) is 51.9 Å². The second kappa shape index (κ2) is 12.9. The van der Waals surface area contributed by atoms with E-state index in [4.69, 9.17) is 9.47 Å². The number of ether oxygens (including phenoxy) is 2. The minimum Gasteiger partial charge on any atom is -0.444 e. The summed E-state index contributed by atoms with van der Waals surface area (Å²) in [7, 11) is 0. The van der Waals surface area contributed by atoms with Crippen molar-refractivity contribution in [2.24, 2.45) is 5.41 Å². The minimum atomic E-state index is -4.93. The summed E-state index contributed by atoms with van der Waals surface area (Å²) in [6, 6.07) is 2.18. The van der Waals surface area contributed by atoms with E-state index in [9.17, 15) is 14.0 Å². The molecule has 0 saturated carbocycles. The molecule has 7 rings (SSSR count). The van der Waals surface area contributed by atoms with Crippen LogP contribution in [0.1, 0.15) is 59.1 Å². The van der Waals surface area contributed by atoms with Crippen LogP contribution in [-0.2, 0) is 15.7 Å². The van der Waals surface area contributed by atoms with Crippen LogP contribution in [0.3, 0.4) is 0 Å². The SMILES string of the molecule is C[C@@H]1CN(c2nc(=O)n3c4c(c(-c5ccc(F)cc5F)c(C(F)(F)F)cc24)SC[C@@H]3CN2CCC3(CC2)COC3)C[C@H](C)N1C(=O)OC(C)(C)C. The van der Waals surface area contributed by atoms with E-state index in [-0.39, 0.29) is 45.9 Å². The number of piperidine rings is 1. The van der Waals surface area contributed by atoms with Gasteiger partial charge in [0, 0.05) is 58.3 Å². The van der Waals surface area contributed by atoms with Crippen LogP contribution in [0.25, 0.3) is 22.0 Å². The fraction of sp³-hybridized carbons (Fsp3) is 0.583. The summed E-state index contributed by atoms with van der Waals surface area (Å²) in [5, 5.41) is 0.106. The third-order valence-electron chi connectivity index (χ3n) is 10.5. The number of anilines is 1. The monoisotopic (exact) mass is 735 g/mol. The van der Waals surface area contributed by atoms with Gasteiger partial charge < -0.3 is 19.3 Å². The Morgan fingerprint density at radius 2 is 1.73 bits per heavy atom. The topological polar surface area (TPSA) is 80.1 Å². The van der Waals surface area contributed by atoms with Gasteiger partial charge in [0.15, 0.2) is 0 Å². The molecule has 0 aliphatic carbocycles. The van der Waals surface area contributed by atoms with Gasteiger partial charge in [0.05, 0.1) is 42.4 Å². The Labute approximate surface area is 297 Å². The molecule has 1 spiro atoms. The Bertz CT molecular complexity index is 1910. The lowest BCUT2D eigenvalue weighted by Gasteiger charge is -2.48. The Hall–Kier alpha value is -3.43. The van der Waals surface area contributed by atoms with Crippen LogP contribution >= 0.6 is 11.8 Å². The average Bonchev–Trinajstić information content (AvgIpc) is 3.01. The van der Waals surface area contributed by atoms with Crippen LogP contribution in [0, 0.1) is 17.0 Å². The normalized spacial score (nSPS) is 23.8. The number of amides is 1. The average molecular weight is 736 g/mol. The first-order chi connectivity index (χ1) is 23.9. The molecule has 5 heterocycles. The maximum Gasteiger partial charge on any atom is 0.417 e. The van der Waals surface area contributed by atoms with Gasteiger partial charge in [0.1, 0.15) is 23.1 Å². The molecule has 3 saturated heterocycles. The van der Waals surface area contributed by atoms with Gasteiger partial charge in [-0.1, -0.05) is 0 Å². The highest BCUT2D eigenvalue weighted by Crippen LogP contribution is 2.51. The molecular weight excluding hydrogens is 693 g/mol. The number of benzene rings is 2. The quantitative estimate of drug-likeness (QED) is 0.267. The molecule has 0 unspecified atom stereocenters. The molecule has 0 N–H and O–H groups in total. The van der Waals surface area contributed by atoms with Gasteiger partial charge in [-0.05, 0) is 78.7 Å². The van der Waals surface area contributed by atoms with Crippen molar-refractivity contribution < 1.29 is 36.2 Å². The van der Waals surface area contributed by atoms with E-state index in [1.807, 2.05) is 13.8 Å². The van der Waals surface area contributed by atoms with Crippen LogP contribution in [-0.4, -0.2) is 94.8 Å². The number of halogens is 5. The lowest BCUT2D eigenvalue weighted by molar-refractivity contribution is -0.140. The van der Waals surface area contributed by atoms with Crippen molar-refractivity contribution in [1.29, 1.82) is 0 Å². The van der Waals surface area contributed by atoms with E-state index in [2.05, 4.69) is 9.88 Å². The molecule has 2 aromatic carbocycles. The lowest BCUT2D eigenvalue weighted by Crippen LogP contribution is -2.60. The van der Waals surface area contributed by atoms with Gasteiger partial charge in [0.2, 0.25) is 0 Å². The minimum absolute atomic E-state index is 0.0674. The molecule has 1 amide bonds. The zero-order valence-corrected chi connectivity index (χ0v) is 30.1. The zero-order chi connectivity index (χ0) is 36.6. The number of rotatable bonds is 4. The number of carbonyl (C=O) groups is 1. The molecule has 4 aliphatic rings. The Morgan fingerprint density at radius 1 is 1.06 bits per heavy atom. The van der Waals surface area contributed by atoms with Gasteiger partial charge in [-0.3, -0.25) is 9.47 Å². The summed E-state index contributed by atoms with van der Waals surface area (Å²) in [6.07, 6.45) is -3.52. The highest BCUT2D eigenvalue weighted by Gasteiger charge is 2.44.